The summed E-state index contributed by atoms with van der Waals surface area (Å²) in [6.07, 6.45) is 2.34. The van der Waals surface area contributed by atoms with Gasteiger partial charge in [-0.3, -0.25) is 4.72 Å². The number of piperidine rings is 1. The molecule has 28 heavy (non-hydrogen) atoms. The van der Waals surface area contributed by atoms with E-state index in [1.807, 2.05) is 12.1 Å². The second kappa shape index (κ2) is 8.62. The molecule has 0 aliphatic carbocycles. The minimum absolute atomic E-state index is 0.0724. The highest BCUT2D eigenvalue weighted by Crippen LogP contribution is 2.24. The van der Waals surface area contributed by atoms with Crippen LogP contribution in [0.5, 0.6) is 0 Å². The van der Waals surface area contributed by atoms with Crippen molar-refractivity contribution in [3.63, 3.8) is 0 Å². The Morgan fingerprint density at radius 2 is 1.75 bits per heavy atom. The van der Waals surface area contributed by atoms with Crippen molar-refractivity contribution in [2.75, 3.05) is 36.9 Å². The number of benzene rings is 2. The van der Waals surface area contributed by atoms with E-state index in [0.29, 0.717) is 11.3 Å². The van der Waals surface area contributed by atoms with E-state index < -0.39 is 16.0 Å². The fourth-order valence-electron chi connectivity index (χ4n) is 3.21. The number of anilines is 2. The van der Waals surface area contributed by atoms with E-state index >= 15 is 0 Å². The molecule has 0 spiro atoms. The predicted octanol–water partition coefficient (Wildman–Crippen LogP) is 2.89. The maximum atomic E-state index is 12.6. The Kier molecular flexibility index (Phi) is 6.21. The zero-order chi connectivity index (χ0) is 20.1. The summed E-state index contributed by atoms with van der Waals surface area (Å²) in [6, 6.07) is 12.9. The molecule has 0 saturated carbocycles. The Morgan fingerprint density at radius 3 is 2.36 bits per heavy atom. The van der Waals surface area contributed by atoms with Gasteiger partial charge in [-0.1, -0.05) is 0 Å². The molecule has 0 bridgehead atoms. The highest BCUT2D eigenvalue weighted by atomic mass is 32.2. The van der Waals surface area contributed by atoms with E-state index in [2.05, 4.69) is 14.4 Å². The third-order valence-corrected chi connectivity index (χ3v) is 6.18. The van der Waals surface area contributed by atoms with Gasteiger partial charge in [0, 0.05) is 31.6 Å². The molecule has 1 heterocycles. The number of ether oxygens (including phenoxy) is 2. The lowest BCUT2D eigenvalue weighted by Crippen LogP contribution is -2.39. The summed E-state index contributed by atoms with van der Waals surface area (Å²) >= 11 is 0. The highest BCUT2D eigenvalue weighted by molar-refractivity contribution is 7.92. The first-order valence-corrected chi connectivity index (χ1v) is 10.5. The number of sulfonamides is 1. The van der Waals surface area contributed by atoms with Crippen molar-refractivity contribution in [1.82, 2.24) is 0 Å². The topological polar surface area (TPSA) is 84.9 Å². The molecule has 0 aromatic heterocycles. The van der Waals surface area contributed by atoms with Crippen LogP contribution in [0.2, 0.25) is 0 Å². The maximum absolute atomic E-state index is 12.6. The van der Waals surface area contributed by atoms with Crippen molar-refractivity contribution in [3.05, 3.63) is 54.1 Å². The summed E-state index contributed by atoms with van der Waals surface area (Å²) < 4.78 is 37.8. The van der Waals surface area contributed by atoms with Crippen LogP contribution in [0.4, 0.5) is 11.4 Å². The monoisotopic (exact) mass is 404 g/mol. The van der Waals surface area contributed by atoms with E-state index in [9.17, 15) is 13.2 Å². The van der Waals surface area contributed by atoms with E-state index in [4.69, 9.17) is 4.74 Å². The van der Waals surface area contributed by atoms with Crippen molar-refractivity contribution in [1.29, 1.82) is 0 Å². The summed E-state index contributed by atoms with van der Waals surface area (Å²) in [5, 5.41) is 0. The first-order valence-electron chi connectivity index (χ1n) is 9.02. The first-order chi connectivity index (χ1) is 13.4. The first kappa shape index (κ1) is 20.2. The van der Waals surface area contributed by atoms with Gasteiger partial charge < -0.3 is 14.4 Å². The summed E-state index contributed by atoms with van der Waals surface area (Å²) in [4.78, 5) is 13.8. The summed E-state index contributed by atoms with van der Waals surface area (Å²) in [5.74, 6) is -0.513. The molecule has 8 heteroatoms. The molecule has 3 rings (SSSR count). The average Bonchev–Trinajstić information content (AvgIpc) is 2.73. The Labute approximate surface area is 165 Å². The van der Waals surface area contributed by atoms with Gasteiger partial charge in [-0.15, -0.1) is 0 Å². The van der Waals surface area contributed by atoms with Gasteiger partial charge in [-0.25, -0.2) is 13.2 Å². The fraction of sp³-hybridized carbons (Fsp3) is 0.350. The van der Waals surface area contributed by atoms with E-state index in [1.165, 1.54) is 31.4 Å². The zero-order valence-electron chi connectivity index (χ0n) is 15.9. The Morgan fingerprint density at radius 1 is 1.07 bits per heavy atom. The molecule has 1 atom stereocenters. The molecule has 2 aromatic rings. The number of hydrogen-bond donors (Lipinski definition) is 1. The van der Waals surface area contributed by atoms with E-state index in [0.717, 1.165) is 31.6 Å². The van der Waals surface area contributed by atoms with Gasteiger partial charge in [0.25, 0.3) is 10.0 Å². The molecule has 0 radical (unpaired) electrons. The summed E-state index contributed by atoms with van der Waals surface area (Å²) in [7, 11) is -0.747. The van der Waals surface area contributed by atoms with Crippen molar-refractivity contribution in [2.45, 2.75) is 23.8 Å². The third kappa shape index (κ3) is 4.63. The van der Waals surface area contributed by atoms with Crippen molar-refractivity contribution in [3.8, 4) is 0 Å². The van der Waals surface area contributed by atoms with Crippen LogP contribution in [0.1, 0.15) is 23.2 Å². The number of carbonyl (C=O) groups is 1. The summed E-state index contributed by atoms with van der Waals surface area (Å²) in [5.41, 5.74) is 1.80. The minimum Gasteiger partial charge on any atom is -0.465 e. The normalized spacial score (nSPS) is 17.2. The fourth-order valence-corrected chi connectivity index (χ4v) is 4.27. The Hall–Kier alpha value is -2.58. The van der Waals surface area contributed by atoms with Gasteiger partial charge in [0.05, 0.1) is 23.7 Å². The van der Waals surface area contributed by atoms with Crippen LogP contribution in [0.3, 0.4) is 0 Å². The maximum Gasteiger partial charge on any atom is 0.337 e. The molecular formula is C20H24N2O5S. The molecule has 7 nitrogen and oxygen atoms in total. The number of carbonyl (C=O) groups excluding carboxylic acids is 1. The van der Waals surface area contributed by atoms with Crippen molar-refractivity contribution < 1.29 is 22.7 Å². The molecule has 150 valence electrons. The van der Waals surface area contributed by atoms with E-state index in [-0.39, 0.29) is 11.0 Å². The van der Waals surface area contributed by atoms with Gasteiger partial charge in [-0.05, 0) is 61.4 Å². The molecule has 2 aromatic carbocycles. The molecule has 1 aliphatic heterocycles. The highest BCUT2D eigenvalue weighted by Gasteiger charge is 2.20. The van der Waals surface area contributed by atoms with Crippen LogP contribution in [-0.4, -0.2) is 47.8 Å². The average molecular weight is 404 g/mol. The van der Waals surface area contributed by atoms with Crippen LogP contribution in [0.15, 0.2) is 53.4 Å². The number of nitrogens with zero attached hydrogens (tertiary/aromatic N) is 1. The minimum atomic E-state index is -3.75. The molecule has 1 N–H and O–H groups in total. The summed E-state index contributed by atoms with van der Waals surface area (Å²) in [6.45, 7) is 1.78. The van der Waals surface area contributed by atoms with Crippen molar-refractivity contribution in [2.24, 2.45) is 0 Å². The second-order valence-corrected chi connectivity index (χ2v) is 8.30. The number of nitrogens with one attached hydrogen (secondary N) is 1. The lowest BCUT2D eigenvalue weighted by atomic mass is 10.1. The lowest BCUT2D eigenvalue weighted by molar-refractivity contribution is 0.0600. The second-order valence-electron chi connectivity index (χ2n) is 6.61. The predicted molar refractivity (Wildman–Crippen MR) is 107 cm³/mol. The Bertz CT molecular complexity index is 911. The molecular weight excluding hydrogens is 380 g/mol. The molecule has 1 fully saturated rings. The van der Waals surface area contributed by atoms with Crippen molar-refractivity contribution >= 4 is 27.4 Å². The van der Waals surface area contributed by atoms with E-state index in [1.54, 1.807) is 19.2 Å². The number of hydrogen-bond acceptors (Lipinski definition) is 6. The van der Waals surface area contributed by atoms with Crippen LogP contribution in [-0.2, 0) is 19.5 Å². The van der Waals surface area contributed by atoms with Crippen LogP contribution in [0, 0.1) is 0 Å². The van der Waals surface area contributed by atoms with Gasteiger partial charge in [0.15, 0.2) is 0 Å². The SMILES string of the molecule is COC(=O)c1ccc(S(=O)(=O)Nc2ccc(N3CCCC(OC)C3)cc2)cc1. The third-order valence-electron chi connectivity index (χ3n) is 4.78. The lowest BCUT2D eigenvalue weighted by Gasteiger charge is -2.33. The molecule has 1 saturated heterocycles. The van der Waals surface area contributed by atoms with Crippen LogP contribution >= 0.6 is 0 Å². The van der Waals surface area contributed by atoms with Crippen LogP contribution < -0.4 is 9.62 Å². The molecule has 1 unspecified atom stereocenters. The van der Waals surface area contributed by atoms with Gasteiger partial charge >= 0.3 is 5.97 Å². The smallest absolute Gasteiger partial charge is 0.337 e. The van der Waals surface area contributed by atoms with Gasteiger partial charge in [-0.2, -0.15) is 0 Å². The Balaban J connectivity index is 1.69. The standard InChI is InChI=1S/C20H24N2O5S/c1-26-18-4-3-13-22(14-18)17-9-7-16(8-10-17)21-28(24,25)19-11-5-15(6-12-19)20(23)27-2/h5-12,18,21H,3-4,13-14H2,1-2H3. The number of rotatable bonds is 6. The zero-order valence-corrected chi connectivity index (χ0v) is 16.7. The number of esters is 1. The van der Waals surface area contributed by atoms with Gasteiger partial charge in [0.2, 0.25) is 0 Å². The largest absolute Gasteiger partial charge is 0.465 e. The van der Waals surface area contributed by atoms with Gasteiger partial charge in [0.1, 0.15) is 0 Å². The molecule has 1 aliphatic rings. The molecule has 0 amide bonds. The number of methoxy groups -OCH3 is 2. The van der Waals surface area contributed by atoms with Crippen LogP contribution in [0.25, 0.3) is 0 Å². The quantitative estimate of drug-likeness (QED) is 0.745.